The molecule has 4 aromatic rings. The Bertz CT molecular complexity index is 1120. The standard InChI is InChI=1S/C31H33O2PS/c1-5-34(29-12-8-6-9-13-29,30-14-10-7-11-15-30)24(2)31(35,25-16-20-27(32-3)21-17-25)26-18-22-28(33-4)23-19-26/h6-24H,5H2,1-4H3/t24-/m0/s1. The summed E-state index contributed by atoms with van der Waals surface area (Å²) in [5.74, 6) is 1.66. The summed E-state index contributed by atoms with van der Waals surface area (Å²) in [4.78, 5) is 0. The SMILES string of the molecule is CC[P+](c1ccccc1)(c1ccccc1)[C@@H](C)C([S-])(c1ccc(OC)cc1)c1ccc(OC)cc1. The largest absolute Gasteiger partial charge is 0.773 e. The highest BCUT2D eigenvalue weighted by Crippen LogP contribution is 2.66. The highest BCUT2D eigenvalue weighted by atomic mass is 32.1. The summed E-state index contributed by atoms with van der Waals surface area (Å²) in [6.07, 6.45) is 1.02. The zero-order valence-corrected chi connectivity index (χ0v) is 22.6. The Labute approximate surface area is 216 Å². The molecule has 0 N–H and O–H groups in total. The molecule has 4 rings (SSSR count). The van der Waals surface area contributed by atoms with Crippen LogP contribution in [0.5, 0.6) is 11.5 Å². The molecule has 4 heteroatoms. The van der Waals surface area contributed by atoms with Crippen LogP contribution in [-0.4, -0.2) is 26.0 Å². The smallest absolute Gasteiger partial charge is 0.118 e. The minimum absolute atomic E-state index is 0.140. The van der Waals surface area contributed by atoms with Gasteiger partial charge in [-0.25, -0.2) is 0 Å². The fourth-order valence-electron chi connectivity index (χ4n) is 5.26. The molecule has 0 amide bonds. The van der Waals surface area contributed by atoms with Crippen LogP contribution in [0.1, 0.15) is 25.0 Å². The zero-order chi connectivity index (χ0) is 24.9. The van der Waals surface area contributed by atoms with E-state index in [-0.39, 0.29) is 5.66 Å². The second-order valence-electron chi connectivity index (χ2n) is 8.72. The molecule has 0 aliphatic rings. The molecular formula is C31H33O2PS. The normalized spacial score (nSPS) is 12.7. The van der Waals surface area contributed by atoms with Crippen molar-refractivity contribution in [1.29, 1.82) is 0 Å². The van der Waals surface area contributed by atoms with E-state index in [9.17, 15) is 0 Å². The number of hydrogen-bond donors (Lipinski definition) is 0. The van der Waals surface area contributed by atoms with Crippen molar-refractivity contribution in [1.82, 2.24) is 0 Å². The monoisotopic (exact) mass is 500 g/mol. The molecule has 0 unspecified atom stereocenters. The first-order chi connectivity index (χ1) is 17.0. The van der Waals surface area contributed by atoms with E-state index in [1.54, 1.807) is 14.2 Å². The Morgan fingerprint density at radius 3 is 1.34 bits per heavy atom. The lowest BCUT2D eigenvalue weighted by Crippen LogP contribution is -2.45. The Balaban J connectivity index is 2.00. The molecule has 0 heterocycles. The summed E-state index contributed by atoms with van der Waals surface area (Å²) in [5.41, 5.74) is 2.35. The number of methoxy groups -OCH3 is 2. The molecule has 0 fully saturated rings. The third-order valence-electron chi connectivity index (χ3n) is 7.22. The van der Waals surface area contributed by atoms with Gasteiger partial charge in [-0.1, -0.05) is 76.5 Å². The van der Waals surface area contributed by atoms with Gasteiger partial charge in [-0.05, 0) is 62.4 Å². The minimum Gasteiger partial charge on any atom is -0.773 e. The van der Waals surface area contributed by atoms with Crippen molar-refractivity contribution in [2.75, 3.05) is 20.4 Å². The maximum atomic E-state index is 6.78. The molecule has 2 nitrogen and oxygen atoms in total. The molecule has 0 aliphatic carbocycles. The van der Waals surface area contributed by atoms with E-state index in [1.165, 1.54) is 10.6 Å². The van der Waals surface area contributed by atoms with Crippen LogP contribution in [0.25, 0.3) is 0 Å². The highest BCUT2D eigenvalue weighted by molar-refractivity contribution is 7.90. The van der Waals surface area contributed by atoms with Crippen LogP contribution < -0.4 is 20.1 Å². The predicted molar refractivity (Wildman–Crippen MR) is 153 cm³/mol. The van der Waals surface area contributed by atoms with Crippen molar-refractivity contribution in [3.8, 4) is 11.5 Å². The van der Waals surface area contributed by atoms with Crippen LogP contribution >= 0.6 is 7.26 Å². The Kier molecular flexibility index (Phi) is 7.89. The predicted octanol–water partition coefficient (Wildman–Crippen LogP) is 6.57. The second kappa shape index (κ2) is 10.9. The van der Waals surface area contributed by atoms with Crippen molar-refractivity contribution in [2.24, 2.45) is 0 Å². The van der Waals surface area contributed by atoms with E-state index < -0.39 is 12.0 Å². The molecule has 0 aromatic heterocycles. The summed E-state index contributed by atoms with van der Waals surface area (Å²) in [5, 5.41) is 2.77. The van der Waals surface area contributed by atoms with E-state index in [0.717, 1.165) is 28.8 Å². The molecular weight excluding hydrogens is 467 g/mol. The molecule has 0 saturated heterocycles. The fraction of sp³-hybridized carbons (Fsp3) is 0.226. The average molecular weight is 501 g/mol. The van der Waals surface area contributed by atoms with Crippen molar-refractivity contribution >= 4 is 30.5 Å². The molecule has 0 saturated carbocycles. The van der Waals surface area contributed by atoms with E-state index in [4.69, 9.17) is 22.1 Å². The summed E-state index contributed by atoms with van der Waals surface area (Å²) < 4.78 is 10.3. The molecule has 180 valence electrons. The first-order valence-corrected chi connectivity index (χ1v) is 14.4. The van der Waals surface area contributed by atoms with Crippen LogP contribution in [0.15, 0.2) is 109 Å². The maximum absolute atomic E-state index is 6.78. The number of benzene rings is 4. The van der Waals surface area contributed by atoms with Gasteiger partial charge in [-0.2, -0.15) is 0 Å². The lowest BCUT2D eigenvalue weighted by molar-refractivity contribution is 0.414. The van der Waals surface area contributed by atoms with Gasteiger partial charge < -0.3 is 22.1 Å². The third kappa shape index (κ3) is 4.60. The molecule has 0 aliphatic heterocycles. The lowest BCUT2D eigenvalue weighted by atomic mass is 9.87. The summed E-state index contributed by atoms with van der Waals surface area (Å²) in [7, 11) is 1.46. The van der Waals surface area contributed by atoms with Crippen LogP contribution in [0, 0.1) is 0 Å². The Morgan fingerprint density at radius 1 is 0.657 bits per heavy atom. The van der Waals surface area contributed by atoms with Gasteiger partial charge in [0, 0.05) is 0 Å². The summed E-state index contributed by atoms with van der Waals surface area (Å²) >= 11 is 6.78. The van der Waals surface area contributed by atoms with Gasteiger partial charge in [0.25, 0.3) is 0 Å². The average Bonchev–Trinajstić information content (AvgIpc) is 2.94. The van der Waals surface area contributed by atoms with Gasteiger partial charge in [0.05, 0.1) is 43.9 Å². The molecule has 4 aromatic carbocycles. The van der Waals surface area contributed by atoms with Gasteiger partial charge in [-0.3, -0.25) is 0 Å². The van der Waals surface area contributed by atoms with Crippen LogP contribution in [-0.2, 0) is 17.4 Å². The van der Waals surface area contributed by atoms with Crippen molar-refractivity contribution in [3.05, 3.63) is 120 Å². The molecule has 0 spiro atoms. The number of rotatable bonds is 9. The van der Waals surface area contributed by atoms with Crippen molar-refractivity contribution in [3.63, 3.8) is 0 Å². The third-order valence-corrected chi connectivity index (χ3v) is 13.4. The van der Waals surface area contributed by atoms with E-state index >= 15 is 0 Å². The van der Waals surface area contributed by atoms with Crippen molar-refractivity contribution < 1.29 is 9.47 Å². The first-order valence-electron chi connectivity index (χ1n) is 12.0. The molecule has 0 radical (unpaired) electrons. The Hall–Kier alpha value is -2.74. The number of ether oxygens (including phenoxy) is 2. The maximum Gasteiger partial charge on any atom is 0.118 e. The molecule has 1 atom stereocenters. The van der Waals surface area contributed by atoms with Gasteiger partial charge in [0.15, 0.2) is 0 Å². The number of hydrogen-bond acceptors (Lipinski definition) is 3. The molecule has 35 heavy (non-hydrogen) atoms. The van der Waals surface area contributed by atoms with E-state index in [2.05, 4.69) is 98.8 Å². The fourth-order valence-corrected chi connectivity index (χ4v) is 10.9. The quantitative estimate of drug-likeness (QED) is 0.191. The van der Waals surface area contributed by atoms with E-state index in [0.29, 0.717) is 0 Å². The lowest BCUT2D eigenvalue weighted by Gasteiger charge is -2.51. The van der Waals surface area contributed by atoms with Gasteiger partial charge in [-0.15, -0.1) is 0 Å². The van der Waals surface area contributed by atoms with Crippen LogP contribution in [0.2, 0.25) is 0 Å². The van der Waals surface area contributed by atoms with E-state index in [1.807, 2.05) is 24.3 Å². The van der Waals surface area contributed by atoms with Gasteiger partial charge in [0.2, 0.25) is 0 Å². The second-order valence-corrected chi connectivity index (χ2v) is 13.5. The topological polar surface area (TPSA) is 18.5 Å². The summed E-state index contributed by atoms with van der Waals surface area (Å²) in [6, 6.07) is 38.6. The zero-order valence-electron chi connectivity index (χ0n) is 20.8. The summed E-state index contributed by atoms with van der Waals surface area (Å²) in [6.45, 7) is 4.68. The first kappa shape index (κ1) is 25.4. The highest BCUT2D eigenvalue weighted by Gasteiger charge is 2.51. The van der Waals surface area contributed by atoms with Gasteiger partial charge >= 0.3 is 0 Å². The van der Waals surface area contributed by atoms with Crippen LogP contribution in [0.4, 0.5) is 0 Å². The Morgan fingerprint density at radius 2 is 1.03 bits per heavy atom. The van der Waals surface area contributed by atoms with Crippen molar-refractivity contribution in [2.45, 2.75) is 24.3 Å². The minimum atomic E-state index is -1.93. The molecule has 0 bridgehead atoms. The van der Waals surface area contributed by atoms with Gasteiger partial charge in [0.1, 0.15) is 11.5 Å². The van der Waals surface area contributed by atoms with Crippen LogP contribution in [0.3, 0.4) is 0 Å².